The highest BCUT2D eigenvalue weighted by Gasteiger charge is 2.22. The third kappa shape index (κ3) is 4.75. The second-order valence-corrected chi connectivity index (χ2v) is 5.22. The third-order valence-corrected chi connectivity index (χ3v) is 3.50. The molecule has 1 amide bonds. The highest BCUT2D eigenvalue weighted by atomic mass is 35.5. The van der Waals surface area contributed by atoms with E-state index in [0.29, 0.717) is 23.7 Å². The Kier molecular flexibility index (Phi) is 6.06. The van der Waals surface area contributed by atoms with Crippen molar-refractivity contribution in [2.45, 2.75) is 31.8 Å². The van der Waals surface area contributed by atoms with Crippen LogP contribution in [0.15, 0.2) is 18.2 Å². The maximum Gasteiger partial charge on any atom is 0.253 e. The maximum absolute atomic E-state index is 12.1. The van der Waals surface area contributed by atoms with Crippen LogP contribution in [0.4, 0.5) is 5.69 Å². The molecule has 1 heterocycles. The quantitative estimate of drug-likeness (QED) is 0.844. The van der Waals surface area contributed by atoms with E-state index in [-0.39, 0.29) is 12.5 Å². The molecule has 112 valence electrons. The van der Waals surface area contributed by atoms with Gasteiger partial charge in [-0.1, -0.05) is 23.4 Å². The summed E-state index contributed by atoms with van der Waals surface area (Å²) in [5, 5.41) is 12.0. The molecular weight excluding hydrogens is 290 g/mol. The smallest absolute Gasteiger partial charge is 0.253 e. The molecule has 1 aromatic carbocycles. The lowest BCUT2D eigenvalue weighted by Crippen LogP contribution is -2.33. The number of hydrogen-bond donors (Lipinski definition) is 2. The van der Waals surface area contributed by atoms with Crippen molar-refractivity contribution < 1.29 is 14.6 Å². The SMILES string of the molecule is O=C(Nc1cc(C#CCCO)ccc1Cl)C1CCCCO1. The van der Waals surface area contributed by atoms with Gasteiger partial charge in [0.05, 0.1) is 17.3 Å². The van der Waals surface area contributed by atoms with Crippen LogP contribution in [0.1, 0.15) is 31.2 Å². The molecule has 0 aromatic heterocycles. The van der Waals surface area contributed by atoms with E-state index < -0.39 is 6.10 Å². The van der Waals surface area contributed by atoms with Crippen LogP contribution in [0.5, 0.6) is 0 Å². The first-order valence-electron chi connectivity index (χ1n) is 7.02. The van der Waals surface area contributed by atoms with E-state index in [1.54, 1.807) is 18.2 Å². The second-order valence-electron chi connectivity index (χ2n) is 4.81. The number of aliphatic hydroxyl groups is 1. The van der Waals surface area contributed by atoms with Crippen molar-refractivity contribution in [2.24, 2.45) is 0 Å². The number of anilines is 1. The predicted octanol–water partition coefficient (Wildman–Crippen LogP) is 2.58. The van der Waals surface area contributed by atoms with Crippen molar-refractivity contribution in [1.29, 1.82) is 0 Å². The van der Waals surface area contributed by atoms with Crippen molar-refractivity contribution >= 4 is 23.2 Å². The number of amides is 1. The fourth-order valence-corrected chi connectivity index (χ4v) is 2.24. The zero-order chi connectivity index (χ0) is 15.1. The van der Waals surface area contributed by atoms with Crippen LogP contribution in [0, 0.1) is 11.8 Å². The average molecular weight is 308 g/mol. The van der Waals surface area contributed by atoms with Gasteiger partial charge in [-0.05, 0) is 37.5 Å². The van der Waals surface area contributed by atoms with Gasteiger partial charge in [0.25, 0.3) is 5.91 Å². The van der Waals surface area contributed by atoms with Crippen molar-refractivity contribution in [1.82, 2.24) is 0 Å². The summed E-state index contributed by atoms with van der Waals surface area (Å²) in [6.07, 6.45) is 2.75. The molecule has 1 unspecified atom stereocenters. The van der Waals surface area contributed by atoms with E-state index in [9.17, 15) is 4.79 Å². The van der Waals surface area contributed by atoms with Crippen molar-refractivity contribution in [2.75, 3.05) is 18.5 Å². The van der Waals surface area contributed by atoms with E-state index in [4.69, 9.17) is 21.4 Å². The first kappa shape index (κ1) is 15.8. The summed E-state index contributed by atoms with van der Waals surface area (Å²) in [5.41, 5.74) is 1.28. The fourth-order valence-electron chi connectivity index (χ4n) is 2.08. The Morgan fingerprint density at radius 1 is 1.48 bits per heavy atom. The van der Waals surface area contributed by atoms with E-state index >= 15 is 0 Å². The van der Waals surface area contributed by atoms with Crippen molar-refractivity contribution in [3.8, 4) is 11.8 Å². The number of benzene rings is 1. The number of carbonyl (C=O) groups is 1. The standard InChI is InChI=1S/C16H18ClNO3/c17-13-8-7-12(5-1-3-9-19)11-14(13)18-16(20)15-6-2-4-10-21-15/h7-8,11,15,19H,2-4,6,9-10H2,(H,18,20). The van der Waals surface area contributed by atoms with E-state index in [1.165, 1.54) is 0 Å². The Hall–Kier alpha value is -1.54. The minimum absolute atomic E-state index is 0.0310. The van der Waals surface area contributed by atoms with Gasteiger partial charge in [0.1, 0.15) is 6.10 Å². The summed E-state index contributed by atoms with van der Waals surface area (Å²) in [4.78, 5) is 12.1. The number of halogens is 1. The van der Waals surface area contributed by atoms with Gasteiger partial charge in [-0.15, -0.1) is 0 Å². The van der Waals surface area contributed by atoms with Gasteiger partial charge in [-0.25, -0.2) is 0 Å². The van der Waals surface area contributed by atoms with Gasteiger partial charge in [0, 0.05) is 18.6 Å². The molecule has 1 aromatic rings. The van der Waals surface area contributed by atoms with Gasteiger partial charge in [0.15, 0.2) is 0 Å². The highest BCUT2D eigenvalue weighted by molar-refractivity contribution is 6.33. The number of nitrogens with one attached hydrogen (secondary N) is 1. The molecule has 0 spiro atoms. The van der Waals surface area contributed by atoms with Gasteiger partial charge in [0.2, 0.25) is 0 Å². The number of aliphatic hydroxyl groups excluding tert-OH is 1. The molecule has 5 heteroatoms. The molecule has 1 fully saturated rings. The van der Waals surface area contributed by atoms with Crippen LogP contribution in [0.2, 0.25) is 5.02 Å². The summed E-state index contributed by atoms with van der Waals surface area (Å²) in [6, 6.07) is 5.20. The normalized spacial score (nSPS) is 17.7. The predicted molar refractivity (Wildman–Crippen MR) is 82.3 cm³/mol. The monoisotopic (exact) mass is 307 g/mol. The Morgan fingerprint density at radius 3 is 3.05 bits per heavy atom. The van der Waals surface area contributed by atoms with Gasteiger partial charge >= 0.3 is 0 Å². The van der Waals surface area contributed by atoms with E-state index in [2.05, 4.69) is 17.2 Å². The molecule has 4 nitrogen and oxygen atoms in total. The van der Waals surface area contributed by atoms with E-state index in [0.717, 1.165) is 24.8 Å². The third-order valence-electron chi connectivity index (χ3n) is 3.17. The topological polar surface area (TPSA) is 58.6 Å². The Labute approximate surface area is 129 Å². The first-order chi connectivity index (χ1) is 10.2. The molecule has 2 rings (SSSR count). The van der Waals surface area contributed by atoms with Crippen LogP contribution in [0.25, 0.3) is 0 Å². The first-order valence-corrected chi connectivity index (χ1v) is 7.40. The van der Waals surface area contributed by atoms with Crippen LogP contribution < -0.4 is 5.32 Å². The number of hydrogen-bond acceptors (Lipinski definition) is 3. The minimum Gasteiger partial charge on any atom is -0.395 e. The average Bonchev–Trinajstić information content (AvgIpc) is 2.51. The fraction of sp³-hybridized carbons (Fsp3) is 0.438. The van der Waals surface area contributed by atoms with Crippen molar-refractivity contribution in [3.63, 3.8) is 0 Å². The molecule has 1 aliphatic heterocycles. The summed E-state index contributed by atoms with van der Waals surface area (Å²) < 4.78 is 5.45. The Bertz CT molecular complexity index is 556. The lowest BCUT2D eigenvalue weighted by Gasteiger charge is -2.22. The molecule has 0 aliphatic carbocycles. The van der Waals surface area contributed by atoms with Crippen LogP contribution >= 0.6 is 11.6 Å². The molecule has 0 saturated carbocycles. The van der Waals surface area contributed by atoms with Crippen LogP contribution in [0.3, 0.4) is 0 Å². The number of carbonyl (C=O) groups excluding carboxylic acids is 1. The molecular formula is C16H18ClNO3. The molecule has 1 aliphatic rings. The van der Waals surface area contributed by atoms with Crippen LogP contribution in [-0.4, -0.2) is 30.3 Å². The van der Waals surface area contributed by atoms with Crippen molar-refractivity contribution in [3.05, 3.63) is 28.8 Å². The zero-order valence-corrected chi connectivity index (χ0v) is 12.4. The van der Waals surface area contributed by atoms with Gasteiger partial charge in [-0.3, -0.25) is 4.79 Å². The van der Waals surface area contributed by atoms with Crippen LogP contribution in [-0.2, 0) is 9.53 Å². The molecule has 1 saturated heterocycles. The van der Waals surface area contributed by atoms with Gasteiger partial charge < -0.3 is 15.2 Å². The Morgan fingerprint density at radius 2 is 2.33 bits per heavy atom. The zero-order valence-electron chi connectivity index (χ0n) is 11.7. The lowest BCUT2D eigenvalue weighted by molar-refractivity contribution is -0.129. The molecule has 1 atom stereocenters. The van der Waals surface area contributed by atoms with Gasteiger partial charge in [-0.2, -0.15) is 0 Å². The summed E-state index contributed by atoms with van der Waals surface area (Å²) in [6.45, 7) is 0.654. The molecule has 0 bridgehead atoms. The lowest BCUT2D eigenvalue weighted by atomic mass is 10.1. The summed E-state index contributed by atoms with van der Waals surface area (Å²) in [7, 11) is 0. The number of rotatable bonds is 3. The highest BCUT2D eigenvalue weighted by Crippen LogP contribution is 2.24. The molecule has 21 heavy (non-hydrogen) atoms. The summed E-state index contributed by atoms with van der Waals surface area (Å²) in [5.74, 6) is 5.58. The molecule has 2 N–H and O–H groups in total. The van der Waals surface area contributed by atoms with E-state index in [1.807, 2.05) is 0 Å². The molecule has 0 radical (unpaired) electrons. The maximum atomic E-state index is 12.1. The Balaban J connectivity index is 2.06. The second kappa shape index (κ2) is 8.04. The minimum atomic E-state index is -0.404. The largest absolute Gasteiger partial charge is 0.395 e. The summed E-state index contributed by atoms with van der Waals surface area (Å²) >= 11 is 6.10. The number of ether oxygens (including phenoxy) is 1.